The number of hydrogen-bond donors (Lipinski definition) is 1. The summed E-state index contributed by atoms with van der Waals surface area (Å²) < 4.78 is 11.7. The van der Waals surface area contributed by atoms with Crippen molar-refractivity contribution in [3.05, 3.63) is 24.3 Å². The molecule has 0 bridgehead atoms. The maximum absolute atomic E-state index is 12.7. The maximum Gasteiger partial charge on any atom is 0.411 e. The molecule has 1 fully saturated rings. The van der Waals surface area contributed by atoms with Gasteiger partial charge >= 0.3 is 6.09 Å². The molecule has 1 spiro atoms. The van der Waals surface area contributed by atoms with E-state index < -0.39 is 16.7 Å². The van der Waals surface area contributed by atoms with Crippen molar-refractivity contribution in [1.29, 1.82) is 0 Å². The molecule has 0 saturated carbocycles. The maximum atomic E-state index is 12.7. The Morgan fingerprint density at radius 1 is 1.59 bits per heavy atom. The van der Waals surface area contributed by atoms with Crippen LogP contribution in [0.2, 0.25) is 0 Å². The second-order valence-electron chi connectivity index (χ2n) is 7.24. The van der Waals surface area contributed by atoms with E-state index in [9.17, 15) is 4.79 Å². The molecule has 124 valence electrons. The Morgan fingerprint density at radius 3 is 2.64 bits per heavy atom. The summed E-state index contributed by atoms with van der Waals surface area (Å²) in [6, 6.07) is 0. The van der Waals surface area contributed by atoms with Crippen molar-refractivity contribution in [2.24, 2.45) is 0 Å². The Bertz CT molecular complexity index is 511. The number of rotatable bonds is 3. The second kappa shape index (κ2) is 5.60. The first kappa shape index (κ1) is 17.4. The molecule has 3 atom stereocenters. The van der Waals surface area contributed by atoms with Crippen LogP contribution in [0.25, 0.3) is 0 Å². The number of amides is 1. The highest BCUT2D eigenvalue weighted by molar-refractivity contribution is 7.81. The third kappa shape index (κ3) is 2.69. The van der Waals surface area contributed by atoms with Gasteiger partial charge in [0.05, 0.1) is 6.61 Å². The zero-order valence-electron chi connectivity index (χ0n) is 14.2. The molecule has 4 nitrogen and oxygen atoms in total. The fourth-order valence-corrected chi connectivity index (χ4v) is 3.71. The van der Waals surface area contributed by atoms with Crippen molar-refractivity contribution in [3.8, 4) is 0 Å². The average Bonchev–Trinajstić information content (AvgIpc) is 3.05. The monoisotopic (exact) mass is 325 g/mol. The summed E-state index contributed by atoms with van der Waals surface area (Å²) >= 11 is 4.73. The second-order valence-corrected chi connectivity index (χ2v) is 7.86. The highest BCUT2D eigenvalue weighted by Gasteiger charge is 2.66. The molecule has 1 aliphatic carbocycles. The summed E-state index contributed by atoms with van der Waals surface area (Å²) in [7, 11) is 0. The van der Waals surface area contributed by atoms with Crippen LogP contribution in [-0.2, 0) is 9.47 Å². The summed E-state index contributed by atoms with van der Waals surface area (Å²) in [5, 5.41) is 0.0415. The van der Waals surface area contributed by atoms with Crippen molar-refractivity contribution < 1.29 is 14.3 Å². The van der Waals surface area contributed by atoms with Gasteiger partial charge in [0.25, 0.3) is 0 Å². The Labute approximate surface area is 138 Å². The number of ether oxygens (including phenoxy) is 2. The fraction of sp³-hybridized carbons (Fsp3) is 0.706. The van der Waals surface area contributed by atoms with Crippen molar-refractivity contribution >= 4 is 18.7 Å². The molecule has 0 aromatic carbocycles. The van der Waals surface area contributed by atoms with E-state index in [4.69, 9.17) is 22.1 Å². The number of carbonyl (C=O) groups excluding carboxylic acids is 1. The minimum absolute atomic E-state index is 0.0415. The van der Waals surface area contributed by atoms with Crippen molar-refractivity contribution in [2.45, 2.75) is 63.0 Å². The van der Waals surface area contributed by atoms with Crippen LogP contribution in [0, 0.1) is 0 Å². The number of hydrogen-bond acceptors (Lipinski definition) is 4. The predicted molar refractivity (Wildman–Crippen MR) is 91.4 cm³/mol. The molecule has 1 unspecified atom stereocenters. The van der Waals surface area contributed by atoms with Gasteiger partial charge in [0.1, 0.15) is 16.7 Å². The summed E-state index contributed by atoms with van der Waals surface area (Å²) in [6.07, 6.45) is 4.28. The highest BCUT2D eigenvalue weighted by atomic mass is 32.1. The molecule has 22 heavy (non-hydrogen) atoms. The Balaban J connectivity index is 2.30. The smallest absolute Gasteiger partial charge is 0.411 e. The number of piperidine rings is 1. The van der Waals surface area contributed by atoms with Crippen LogP contribution >= 0.6 is 12.6 Å². The predicted octanol–water partition coefficient (Wildman–Crippen LogP) is 3.59. The van der Waals surface area contributed by atoms with E-state index in [1.54, 1.807) is 11.0 Å². The van der Waals surface area contributed by atoms with Gasteiger partial charge in [-0.3, -0.25) is 4.90 Å². The number of likely N-dealkylation sites (tertiary alicyclic amines) is 1. The molecule has 2 rings (SSSR count). The SMILES string of the molecule is C=CCO[C@@]1(C)C(S)CCN(C(=O)OC(C)(C)C)[C@@]12C=C2C. The van der Waals surface area contributed by atoms with E-state index in [0.717, 1.165) is 12.0 Å². The lowest BCUT2D eigenvalue weighted by atomic mass is 9.79. The first-order chi connectivity index (χ1) is 10.1. The highest BCUT2D eigenvalue weighted by Crippen LogP contribution is 2.55. The lowest BCUT2D eigenvalue weighted by molar-refractivity contribution is -0.107. The van der Waals surface area contributed by atoms with Crippen LogP contribution in [-0.4, -0.2) is 46.1 Å². The topological polar surface area (TPSA) is 38.8 Å². The largest absolute Gasteiger partial charge is 0.444 e. The van der Waals surface area contributed by atoms with Gasteiger partial charge in [0, 0.05) is 11.8 Å². The van der Waals surface area contributed by atoms with Crippen LogP contribution < -0.4 is 0 Å². The van der Waals surface area contributed by atoms with Gasteiger partial charge in [0.15, 0.2) is 0 Å². The van der Waals surface area contributed by atoms with Gasteiger partial charge < -0.3 is 9.47 Å². The van der Waals surface area contributed by atoms with Gasteiger partial charge in [-0.2, -0.15) is 12.6 Å². The van der Waals surface area contributed by atoms with Crippen LogP contribution in [0.4, 0.5) is 4.79 Å². The summed E-state index contributed by atoms with van der Waals surface area (Å²) in [5.74, 6) is 0. The average molecular weight is 325 g/mol. The lowest BCUT2D eigenvalue weighted by Gasteiger charge is -2.52. The van der Waals surface area contributed by atoms with Crippen LogP contribution in [0.1, 0.15) is 41.0 Å². The Hall–Kier alpha value is -0.940. The van der Waals surface area contributed by atoms with Gasteiger partial charge in [-0.25, -0.2) is 4.79 Å². The summed E-state index contributed by atoms with van der Waals surface area (Å²) in [4.78, 5) is 14.4. The zero-order chi connectivity index (χ0) is 16.8. The van der Waals surface area contributed by atoms with Gasteiger partial charge in [0.2, 0.25) is 0 Å². The first-order valence-electron chi connectivity index (χ1n) is 7.72. The molecular formula is C17H27NO3S. The molecule has 0 aromatic rings. The molecule has 1 saturated heterocycles. The number of carbonyl (C=O) groups is 1. The van der Waals surface area contributed by atoms with Crippen molar-refractivity contribution in [1.82, 2.24) is 4.90 Å². The minimum Gasteiger partial charge on any atom is -0.444 e. The van der Waals surface area contributed by atoms with Gasteiger partial charge in [-0.15, -0.1) is 6.58 Å². The molecule has 2 aliphatic rings. The van der Waals surface area contributed by atoms with Crippen LogP contribution in [0.3, 0.4) is 0 Å². The molecule has 1 aliphatic heterocycles. The standard InChI is InChI=1S/C17H27NO3S/c1-7-10-20-16(6)13(22)8-9-18(17(16)11-12(17)2)14(19)21-15(3,4)5/h7,11,13,22H,1,8-10H2,2-6H3/t13?,16-,17+/m0/s1. The molecule has 0 radical (unpaired) electrons. The van der Waals surface area contributed by atoms with Gasteiger partial charge in [-0.1, -0.05) is 12.2 Å². The van der Waals surface area contributed by atoms with E-state index in [1.807, 2.05) is 34.6 Å². The van der Waals surface area contributed by atoms with Crippen molar-refractivity contribution in [3.63, 3.8) is 0 Å². The first-order valence-corrected chi connectivity index (χ1v) is 8.23. The number of nitrogens with zero attached hydrogens (tertiary/aromatic N) is 1. The van der Waals surface area contributed by atoms with Gasteiger partial charge in [-0.05, 0) is 46.6 Å². The summed E-state index contributed by atoms with van der Waals surface area (Å²) in [5.41, 5.74) is -0.493. The van der Waals surface area contributed by atoms with E-state index in [1.165, 1.54) is 0 Å². The normalized spacial score (nSPS) is 34.4. The fourth-order valence-electron chi connectivity index (χ4n) is 3.32. The van der Waals surface area contributed by atoms with E-state index in [0.29, 0.717) is 13.2 Å². The van der Waals surface area contributed by atoms with Crippen LogP contribution in [0.15, 0.2) is 24.3 Å². The molecule has 0 aromatic heterocycles. The third-order valence-electron chi connectivity index (χ3n) is 4.50. The third-order valence-corrected chi connectivity index (χ3v) is 5.25. The van der Waals surface area contributed by atoms with Crippen molar-refractivity contribution in [2.75, 3.05) is 13.2 Å². The van der Waals surface area contributed by atoms with E-state index >= 15 is 0 Å². The molecule has 1 amide bonds. The summed E-state index contributed by atoms with van der Waals surface area (Å²) in [6.45, 7) is 14.5. The minimum atomic E-state index is -0.580. The molecular weight excluding hydrogens is 298 g/mol. The Morgan fingerprint density at radius 2 is 2.18 bits per heavy atom. The lowest BCUT2D eigenvalue weighted by Crippen LogP contribution is -2.67. The van der Waals surface area contributed by atoms with Crippen LogP contribution in [0.5, 0.6) is 0 Å². The number of thiol groups is 1. The molecule has 1 heterocycles. The molecule has 5 heteroatoms. The zero-order valence-corrected chi connectivity index (χ0v) is 15.1. The quantitative estimate of drug-likeness (QED) is 0.637. The van der Waals surface area contributed by atoms with E-state index in [-0.39, 0.29) is 11.3 Å². The molecule has 0 N–H and O–H groups in total. The van der Waals surface area contributed by atoms with E-state index in [2.05, 4.69) is 12.7 Å². The Kier molecular flexibility index (Phi) is 4.44.